The maximum atomic E-state index is 10.7. The van der Waals surface area contributed by atoms with Crippen LogP contribution in [0.3, 0.4) is 0 Å². The topological polar surface area (TPSA) is 228 Å². The van der Waals surface area contributed by atoms with E-state index in [0.717, 1.165) is 79.2 Å². The summed E-state index contributed by atoms with van der Waals surface area (Å²) in [5.41, 5.74) is 2.52. The Morgan fingerprint density at radius 2 is 1.13 bits per heavy atom. The van der Waals surface area contributed by atoms with Crippen molar-refractivity contribution in [2.45, 2.75) is 123 Å². The normalized spacial score (nSPS) is 18.3. The SMILES string of the molecule is CCCCCC1CCC(C(=O)O)CC1.CCCCCC1CCC(C(OO)c2ccc(C=CC(=O)O)cc2)CC1.O=C(O)C=Cc1ccc(O)cc1.O=CO[O-].O=S(Cl)Cl.[H-].[K+].[K+]. The fraction of sp³-hybridized carbons (Fsp3) is 0.535. The first-order chi connectivity index (χ1) is 28.2. The van der Waals surface area contributed by atoms with Crippen LogP contribution in [-0.2, 0) is 38.2 Å². The van der Waals surface area contributed by atoms with Crippen LogP contribution in [0.25, 0.3) is 12.2 Å². The number of rotatable bonds is 17. The van der Waals surface area contributed by atoms with Crippen molar-refractivity contribution in [1.29, 1.82) is 0 Å². The number of hydrogen-bond donors (Lipinski definition) is 5. The number of phenols is 1. The molecule has 334 valence electrons. The van der Waals surface area contributed by atoms with Gasteiger partial charge in [-0.2, -0.15) is 0 Å². The summed E-state index contributed by atoms with van der Waals surface area (Å²) in [6, 6.07) is 13.8. The van der Waals surface area contributed by atoms with Gasteiger partial charge < -0.3 is 32.0 Å². The summed E-state index contributed by atoms with van der Waals surface area (Å²) in [4.78, 5) is 47.5. The number of phenolic OH excluding ortho intramolecular Hbond substituents is 1. The number of carboxylic acids is 3. The molecule has 18 heteroatoms. The third-order valence-electron chi connectivity index (χ3n) is 10.1. The van der Waals surface area contributed by atoms with E-state index in [-0.39, 0.29) is 128 Å². The van der Waals surface area contributed by atoms with Gasteiger partial charge in [-0.05, 0) is 97.3 Å². The second-order valence-electron chi connectivity index (χ2n) is 14.3. The van der Waals surface area contributed by atoms with Gasteiger partial charge in [0.25, 0.3) is 6.47 Å². The van der Waals surface area contributed by atoms with E-state index >= 15 is 0 Å². The number of hydrogen-bond acceptors (Lipinski definition) is 10. The van der Waals surface area contributed by atoms with Gasteiger partial charge in [0, 0.05) is 33.5 Å². The zero-order chi connectivity index (χ0) is 44.4. The molecule has 13 nitrogen and oxygen atoms in total. The number of halogens is 2. The largest absolute Gasteiger partial charge is 1.00 e. The second kappa shape index (κ2) is 42.1. The number of carbonyl (C=O) groups is 4. The zero-order valence-corrected chi connectivity index (χ0v) is 44.4. The van der Waals surface area contributed by atoms with E-state index < -0.39 is 27.1 Å². The Morgan fingerprint density at radius 1 is 0.754 bits per heavy atom. The number of aromatic hydroxyl groups is 1. The maximum absolute atomic E-state index is 10.7. The van der Waals surface area contributed by atoms with Crippen LogP contribution in [0.5, 0.6) is 5.75 Å². The summed E-state index contributed by atoms with van der Waals surface area (Å²) in [6.45, 7) is 4.28. The van der Waals surface area contributed by atoms with E-state index in [1.807, 2.05) is 24.3 Å². The molecule has 0 spiro atoms. The smallest absolute Gasteiger partial charge is 1.00 e. The monoisotopic (exact) mass is 966 g/mol. The number of benzene rings is 2. The molecule has 2 saturated carbocycles. The Labute approximate surface area is 458 Å². The molecule has 0 aromatic heterocycles. The average molecular weight is 968 g/mol. The first kappa shape index (κ1) is 64.8. The zero-order valence-electron chi connectivity index (χ0n) is 36.9. The van der Waals surface area contributed by atoms with Gasteiger partial charge in [-0.15, -0.1) is 0 Å². The maximum Gasteiger partial charge on any atom is 1.00 e. The summed E-state index contributed by atoms with van der Waals surface area (Å²) in [6.07, 6.45) is 24.1. The van der Waals surface area contributed by atoms with Crippen LogP contribution in [0, 0.1) is 23.7 Å². The van der Waals surface area contributed by atoms with Crippen molar-refractivity contribution in [1.82, 2.24) is 0 Å². The molecule has 2 aliphatic rings. The van der Waals surface area contributed by atoms with Gasteiger partial charge in [-0.3, -0.25) is 14.8 Å². The predicted octanol–water partition coefficient (Wildman–Crippen LogP) is 4.25. The molecular weight excluding hydrogens is 906 g/mol. The Kier molecular flexibility index (Phi) is 44.7. The first-order valence-corrected chi connectivity index (χ1v) is 22.7. The minimum Gasteiger partial charge on any atom is -1.00 e. The van der Waals surface area contributed by atoms with Gasteiger partial charge in [0.1, 0.15) is 11.9 Å². The quantitative estimate of drug-likeness (QED) is 0.0285. The molecule has 2 aromatic rings. The van der Waals surface area contributed by atoms with Gasteiger partial charge in [-0.25, -0.2) is 18.7 Å². The van der Waals surface area contributed by atoms with Crippen molar-refractivity contribution in [3.8, 4) is 5.75 Å². The van der Waals surface area contributed by atoms with Crippen molar-refractivity contribution >= 4 is 67.1 Å². The Morgan fingerprint density at radius 3 is 1.46 bits per heavy atom. The van der Waals surface area contributed by atoms with Gasteiger partial charge in [-0.1, -0.05) is 114 Å². The molecule has 0 bridgehead atoms. The van der Waals surface area contributed by atoms with Crippen LogP contribution < -0.4 is 108 Å². The fourth-order valence-corrected chi connectivity index (χ4v) is 6.98. The molecule has 0 radical (unpaired) electrons. The molecule has 2 aromatic carbocycles. The van der Waals surface area contributed by atoms with Crippen LogP contribution in [0.1, 0.15) is 141 Å². The van der Waals surface area contributed by atoms with E-state index in [0.29, 0.717) is 5.92 Å². The number of aliphatic carboxylic acids is 3. The molecule has 5 N–H and O–H groups in total. The van der Waals surface area contributed by atoms with Gasteiger partial charge >= 0.3 is 121 Å². The van der Waals surface area contributed by atoms with Gasteiger partial charge in [0.2, 0.25) is 9.23 Å². The van der Waals surface area contributed by atoms with Crippen molar-refractivity contribution < 1.29 is 168 Å². The molecule has 2 fully saturated rings. The summed E-state index contributed by atoms with van der Waals surface area (Å²) in [5.74, 6) is -0.424. The average Bonchev–Trinajstić information content (AvgIpc) is 3.22. The van der Waals surface area contributed by atoms with Crippen molar-refractivity contribution in [3.63, 3.8) is 0 Å². The van der Waals surface area contributed by atoms with E-state index in [9.17, 15) is 19.6 Å². The summed E-state index contributed by atoms with van der Waals surface area (Å²) >= 11 is 0. The third-order valence-corrected chi connectivity index (χ3v) is 10.1. The molecule has 0 amide bonds. The fourth-order valence-electron chi connectivity index (χ4n) is 6.98. The molecule has 1 atom stereocenters. The molecule has 0 heterocycles. The van der Waals surface area contributed by atoms with E-state index in [4.69, 9.17) is 39.6 Å². The molecule has 0 aliphatic heterocycles. The Bertz CT molecular complexity index is 1520. The van der Waals surface area contributed by atoms with Gasteiger partial charge in [0.05, 0.1) is 5.92 Å². The van der Waals surface area contributed by atoms with Crippen LogP contribution in [0.2, 0.25) is 0 Å². The summed E-state index contributed by atoms with van der Waals surface area (Å²) in [5, 5.41) is 52.6. The molecule has 1 unspecified atom stereocenters. The standard InChI is InChI=1S/C21H30O4.C12H22O2.C9H8O3.CH2O3.Cl2OS.2K.H/c1-2-3-4-5-16-6-11-18(12-7-16)21(25-24)19-13-8-17(9-14-19)10-15-20(22)23;1-2-3-4-5-10-6-8-11(9-7-10)12(13)14;10-8-4-1-7(2-5-8)3-6-9(11)12;2-1-4-3;1-4(2)3;;;/h8-10,13-16,18,21,24H,2-7,11-12H2,1H3,(H,22,23);10-11H,2-9H2,1H3,(H,13,14);1-6,10H,(H,11,12);1,3H;;;;/q;;;;;2*+1;-1/p-1. The first-order valence-electron chi connectivity index (χ1n) is 19.9. The summed E-state index contributed by atoms with van der Waals surface area (Å²) in [7, 11) is 7.36. The van der Waals surface area contributed by atoms with E-state index in [2.05, 4.69) is 40.1 Å². The minimum atomic E-state index is -1.67. The molecule has 61 heavy (non-hydrogen) atoms. The molecule has 0 saturated heterocycles. The molecule has 2 aliphatic carbocycles. The van der Waals surface area contributed by atoms with E-state index in [1.165, 1.54) is 82.4 Å². The van der Waals surface area contributed by atoms with Crippen molar-refractivity contribution in [3.05, 3.63) is 77.4 Å². The molecular formula is C43H62Cl2K2O13S. The molecule has 4 rings (SSSR count). The van der Waals surface area contributed by atoms with Crippen LogP contribution in [0.15, 0.2) is 60.7 Å². The van der Waals surface area contributed by atoms with Crippen molar-refractivity contribution in [2.24, 2.45) is 23.7 Å². The number of carboxylic acid groups (broad SMARTS) is 3. The third kappa shape index (κ3) is 35.4. The Hall–Kier alpha value is -0.517. The predicted molar refractivity (Wildman–Crippen MR) is 229 cm³/mol. The Balaban J connectivity index is -0.000000388. The minimum absolute atomic E-state index is 0. The number of unbranched alkanes of at least 4 members (excludes halogenated alkanes) is 4. The number of carbonyl (C=O) groups excluding carboxylic acids is 1. The van der Waals surface area contributed by atoms with Gasteiger partial charge in [0.15, 0.2) is 0 Å². The second-order valence-corrected chi connectivity index (χ2v) is 16.9. The van der Waals surface area contributed by atoms with Crippen molar-refractivity contribution in [2.75, 3.05) is 0 Å². The van der Waals surface area contributed by atoms with Crippen LogP contribution in [-0.4, -0.2) is 54.3 Å². The van der Waals surface area contributed by atoms with Crippen LogP contribution in [0.4, 0.5) is 0 Å². The summed E-state index contributed by atoms with van der Waals surface area (Å²) < 4.78 is 9.09. The van der Waals surface area contributed by atoms with E-state index in [1.54, 1.807) is 18.2 Å². The van der Waals surface area contributed by atoms with Crippen LogP contribution >= 0.6 is 21.4 Å².